The van der Waals surface area contributed by atoms with E-state index in [-0.39, 0.29) is 12.6 Å². The SMILES string of the molecule is C=CCOC(=O)C(CCc1ccc(Cl)cc1)(Cn1cncn1)c1ccccc1. The fraction of sp³-hybridized carbons (Fsp3) is 0.227. The number of carbonyl (C=O) groups excluding carboxylic acids is 1. The van der Waals surface area contributed by atoms with Gasteiger partial charge < -0.3 is 4.74 Å². The molecule has 0 amide bonds. The Labute approximate surface area is 169 Å². The van der Waals surface area contributed by atoms with Crippen LogP contribution in [-0.2, 0) is 27.9 Å². The molecular formula is C22H22ClN3O2. The molecule has 6 heteroatoms. The maximum Gasteiger partial charge on any atom is 0.318 e. The number of benzene rings is 2. The van der Waals surface area contributed by atoms with Crippen LogP contribution in [0.4, 0.5) is 0 Å². The summed E-state index contributed by atoms with van der Waals surface area (Å²) in [6, 6.07) is 17.3. The van der Waals surface area contributed by atoms with Crippen LogP contribution in [0.2, 0.25) is 5.02 Å². The van der Waals surface area contributed by atoms with Gasteiger partial charge in [-0.25, -0.2) is 4.98 Å². The van der Waals surface area contributed by atoms with E-state index >= 15 is 0 Å². The highest BCUT2D eigenvalue weighted by Gasteiger charge is 2.42. The van der Waals surface area contributed by atoms with E-state index < -0.39 is 5.41 Å². The molecule has 3 aromatic rings. The maximum absolute atomic E-state index is 13.3. The standard InChI is InChI=1S/C22H22ClN3O2/c1-2-14-28-21(27)22(15-26-17-24-16-25-26,19-6-4-3-5-7-19)13-12-18-8-10-20(23)11-9-18/h2-11,16-17H,1,12-15H2. The number of aryl methyl sites for hydroxylation is 1. The number of halogens is 1. The minimum absolute atomic E-state index is 0.158. The van der Waals surface area contributed by atoms with Crippen LogP contribution in [-0.4, -0.2) is 27.3 Å². The molecule has 28 heavy (non-hydrogen) atoms. The van der Waals surface area contributed by atoms with Crippen LogP contribution in [0.1, 0.15) is 17.5 Å². The third kappa shape index (κ3) is 4.67. The zero-order valence-corrected chi connectivity index (χ0v) is 16.3. The Bertz CT molecular complexity index is 895. The number of nitrogens with zero attached hydrogens (tertiary/aromatic N) is 3. The van der Waals surface area contributed by atoms with Crippen LogP contribution in [0.15, 0.2) is 79.9 Å². The number of hydrogen-bond acceptors (Lipinski definition) is 4. The summed E-state index contributed by atoms with van der Waals surface area (Å²) in [5, 5.41) is 4.90. The Hall–Kier alpha value is -2.92. The third-order valence-electron chi connectivity index (χ3n) is 4.70. The molecule has 1 unspecified atom stereocenters. The third-order valence-corrected chi connectivity index (χ3v) is 4.95. The Morgan fingerprint density at radius 3 is 2.57 bits per heavy atom. The molecule has 1 atom stereocenters. The molecule has 0 saturated carbocycles. The van der Waals surface area contributed by atoms with Crippen LogP contribution in [0.5, 0.6) is 0 Å². The van der Waals surface area contributed by atoms with Gasteiger partial charge in [0.1, 0.15) is 24.7 Å². The normalized spacial score (nSPS) is 12.9. The second kappa shape index (κ2) is 9.33. The number of rotatable bonds is 9. The van der Waals surface area contributed by atoms with Gasteiger partial charge in [-0.2, -0.15) is 5.10 Å². The lowest BCUT2D eigenvalue weighted by atomic mass is 9.75. The minimum Gasteiger partial charge on any atom is -0.461 e. The highest BCUT2D eigenvalue weighted by molar-refractivity contribution is 6.30. The quantitative estimate of drug-likeness (QED) is 0.402. The summed E-state index contributed by atoms with van der Waals surface area (Å²) in [5.74, 6) is -0.303. The predicted molar refractivity (Wildman–Crippen MR) is 109 cm³/mol. The Morgan fingerprint density at radius 1 is 1.18 bits per heavy atom. The summed E-state index contributed by atoms with van der Waals surface area (Å²) < 4.78 is 7.20. The molecule has 0 saturated heterocycles. The lowest BCUT2D eigenvalue weighted by Crippen LogP contribution is -2.42. The van der Waals surface area contributed by atoms with Crippen LogP contribution in [0, 0.1) is 0 Å². The van der Waals surface area contributed by atoms with Crippen molar-refractivity contribution in [3.8, 4) is 0 Å². The first-order chi connectivity index (χ1) is 13.6. The van der Waals surface area contributed by atoms with Gasteiger partial charge in [-0.1, -0.05) is 66.7 Å². The summed E-state index contributed by atoms with van der Waals surface area (Å²) >= 11 is 6.00. The number of carbonyl (C=O) groups is 1. The van der Waals surface area contributed by atoms with Crippen molar-refractivity contribution in [2.24, 2.45) is 0 Å². The fourth-order valence-electron chi connectivity index (χ4n) is 3.23. The number of hydrogen-bond donors (Lipinski definition) is 0. The maximum atomic E-state index is 13.3. The molecule has 0 aliphatic rings. The smallest absolute Gasteiger partial charge is 0.318 e. The molecule has 1 aromatic heterocycles. The van der Waals surface area contributed by atoms with Gasteiger partial charge in [-0.3, -0.25) is 9.48 Å². The summed E-state index contributed by atoms with van der Waals surface area (Å²) in [5.41, 5.74) is 1.07. The molecule has 0 aliphatic heterocycles. The summed E-state index contributed by atoms with van der Waals surface area (Å²) in [6.07, 6.45) is 5.88. The lowest BCUT2D eigenvalue weighted by molar-refractivity contribution is -0.150. The molecule has 0 N–H and O–H groups in total. The van der Waals surface area contributed by atoms with Gasteiger partial charge in [0.05, 0.1) is 6.54 Å². The largest absolute Gasteiger partial charge is 0.461 e. The van der Waals surface area contributed by atoms with Crippen molar-refractivity contribution >= 4 is 17.6 Å². The first-order valence-electron chi connectivity index (χ1n) is 9.04. The first kappa shape index (κ1) is 19.8. The molecule has 3 rings (SSSR count). The Morgan fingerprint density at radius 2 is 1.93 bits per heavy atom. The van der Waals surface area contributed by atoms with E-state index in [4.69, 9.17) is 16.3 Å². The van der Waals surface area contributed by atoms with Crippen LogP contribution in [0.25, 0.3) is 0 Å². The van der Waals surface area contributed by atoms with Crippen molar-refractivity contribution in [2.45, 2.75) is 24.8 Å². The lowest BCUT2D eigenvalue weighted by Gasteiger charge is -2.32. The molecule has 0 radical (unpaired) electrons. The molecule has 2 aromatic carbocycles. The van der Waals surface area contributed by atoms with E-state index in [0.29, 0.717) is 24.4 Å². The highest BCUT2D eigenvalue weighted by Crippen LogP contribution is 2.33. The predicted octanol–water partition coefficient (Wildman–Crippen LogP) is 4.23. The van der Waals surface area contributed by atoms with Gasteiger partial charge in [-0.15, -0.1) is 0 Å². The average Bonchev–Trinajstić information content (AvgIpc) is 3.24. The van der Waals surface area contributed by atoms with Crippen molar-refractivity contribution in [3.05, 3.63) is 96.1 Å². The van der Waals surface area contributed by atoms with Gasteiger partial charge >= 0.3 is 5.97 Å². The number of ether oxygens (including phenoxy) is 1. The summed E-state index contributed by atoms with van der Waals surface area (Å²) in [4.78, 5) is 17.3. The van der Waals surface area contributed by atoms with E-state index in [1.54, 1.807) is 17.1 Å². The molecule has 1 heterocycles. The molecule has 0 spiro atoms. The van der Waals surface area contributed by atoms with E-state index in [0.717, 1.165) is 11.1 Å². The molecule has 144 valence electrons. The molecule has 0 fully saturated rings. The molecule has 5 nitrogen and oxygen atoms in total. The van der Waals surface area contributed by atoms with Crippen LogP contribution < -0.4 is 0 Å². The van der Waals surface area contributed by atoms with Gasteiger partial charge in [0.2, 0.25) is 0 Å². The van der Waals surface area contributed by atoms with Gasteiger partial charge in [-0.05, 0) is 36.1 Å². The topological polar surface area (TPSA) is 57.0 Å². The summed E-state index contributed by atoms with van der Waals surface area (Å²) in [6.45, 7) is 4.14. The molecular weight excluding hydrogens is 374 g/mol. The Balaban J connectivity index is 1.98. The first-order valence-corrected chi connectivity index (χ1v) is 9.42. The van der Waals surface area contributed by atoms with Crippen molar-refractivity contribution in [3.63, 3.8) is 0 Å². The van der Waals surface area contributed by atoms with E-state index in [2.05, 4.69) is 16.7 Å². The fourth-order valence-corrected chi connectivity index (χ4v) is 3.35. The van der Waals surface area contributed by atoms with E-state index in [1.807, 2.05) is 54.6 Å². The molecule has 0 bridgehead atoms. The summed E-state index contributed by atoms with van der Waals surface area (Å²) in [7, 11) is 0. The number of esters is 1. The Kier molecular flexibility index (Phi) is 6.61. The highest BCUT2D eigenvalue weighted by atomic mass is 35.5. The second-order valence-electron chi connectivity index (χ2n) is 6.55. The monoisotopic (exact) mass is 395 g/mol. The molecule has 0 aliphatic carbocycles. The zero-order valence-electron chi connectivity index (χ0n) is 15.5. The van der Waals surface area contributed by atoms with E-state index in [1.165, 1.54) is 6.33 Å². The van der Waals surface area contributed by atoms with Gasteiger partial charge in [0, 0.05) is 5.02 Å². The van der Waals surface area contributed by atoms with Crippen molar-refractivity contribution in [1.29, 1.82) is 0 Å². The van der Waals surface area contributed by atoms with Crippen molar-refractivity contribution in [1.82, 2.24) is 14.8 Å². The van der Waals surface area contributed by atoms with Crippen molar-refractivity contribution in [2.75, 3.05) is 6.61 Å². The van der Waals surface area contributed by atoms with Crippen molar-refractivity contribution < 1.29 is 9.53 Å². The van der Waals surface area contributed by atoms with Gasteiger partial charge in [0.15, 0.2) is 0 Å². The van der Waals surface area contributed by atoms with Crippen LogP contribution >= 0.6 is 11.6 Å². The van der Waals surface area contributed by atoms with Crippen LogP contribution in [0.3, 0.4) is 0 Å². The second-order valence-corrected chi connectivity index (χ2v) is 6.99. The minimum atomic E-state index is -0.905. The average molecular weight is 396 g/mol. The van der Waals surface area contributed by atoms with Gasteiger partial charge in [0.25, 0.3) is 0 Å². The number of aromatic nitrogens is 3. The zero-order chi connectivity index (χ0) is 19.8. The van der Waals surface area contributed by atoms with E-state index in [9.17, 15) is 4.79 Å².